The first-order chi connectivity index (χ1) is 8.13. The van der Waals surface area contributed by atoms with Gasteiger partial charge in [-0.1, -0.05) is 6.07 Å². The summed E-state index contributed by atoms with van der Waals surface area (Å²) < 4.78 is 21.6. The first-order valence-corrected chi connectivity index (χ1v) is 7.97. The molecule has 0 saturated heterocycles. The average Bonchev–Trinajstić information content (AvgIpc) is 2.75. The van der Waals surface area contributed by atoms with E-state index in [1.165, 1.54) is 11.8 Å². The normalized spacial score (nSPS) is 18.8. The summed E-state index contributed by atoms with van der Waals surface area (Å²) in [6.45, 7) is 0.209. The standard InChI is InChI=1S/C11H14O4S2/c1-16-11(17(2)13)10(12)7-3-4-8-9(5-7)15-6-14-8/h3-5,10-12H,6H2,1-2H3. The smallest absolute Gasteiger partial charge is 0.231 e. The first-order valence-electron chi connectivity index (χ1n) is 5.06. The molecule has 2 rings (SSSR count). The minimum absolute atomic E-state index is 0.209. The van der Waals surface area contributed by atoms with Crippen LogP contribution >= 0.6 is 11.8 Å². The van der Waals surface area contributed by atoms with E-state index in [4.69, 9.17) is 9.47 Å². The van der Waals surface area contributed by atoms with Crippen LogP contribution in [0, 0.1) is 0 Å². The fraction of sp³-hybridized carbons (Fsp3) is 0.455. The predicted octanol–water partition coefficient (Wildman–Crippen LogP) is 1.52. The Morgan fingerprint density at radius 1 is 1.41 bits per heavy atom. The second-order valence-electron chi connectivity index (χ2n) is 3.66. The van der Waals surface area contributed by atoms with Crippen molar-refractivity contribution in [3.63, 3.8) is 0 Å². The lowest BCUT2D eigenvalue weighted by Gasteiger charge is -2.19. The Bertz CT molecular complexity index is 435. The van der Waals surface area contributed by atoms with Crippen molar-refractivity contribution in [2.75, 3.05) is 19.3 Å². The van der Waals surface area contributed by atoms with Crippen LogP contribution in [0.4, 0.5) is 0 Å². The lowest BCUT2D eigenvalue weighted by Crippen LogP contribution is -2.19. The number of aliphatic hydroxyl groups excluding tert-OH is 1. The van der Waals surface area contributed by atoms with Gasteiger partial charge in [-0.25, -0.2) is 0 Å². The number of hydrogen-bond acceptors (Lipinski definition) is 5. The minimum atomic E-state index is -1.09. The Morgan fingerprint density at radius 2 is 2.12 bits per heavy atom. The number of ether oxygens (including phenoxy) is 2. The maximum absolute atomic E-state index is 11.5. The molecule has 0 radical (unpaired) electrons. The number of aliphatic hydroxyl groups is 1. The van der Waals surface area contributed by atoms with Gasteiger partial charge in [0.2, 0.25) is 6.79 Å². The number of thioether (sulfide) groups is 1. The van der Waals surface area contributed by atoms with Crippen molar-refractivity contribution in [2.24, 2.45) is 0 Å². The summed E-state index contributed by atoms with van der Waals surface area (Å²) in [5.41, 5.74) is 0.698. The Hall–Kier alpha value is -0.720. The molecule has 1 heterocycles. The molecule has 1 aromatic carbocycles. The lowest BCUT2D eigenvalue weighted by atomic mass is 10.1. The summed E-state index contributed by atoms with van der Waals surface area (Å²) in [5.74, 6) is 1.31. The zero-order valence-corrected chi connectivity index (χ0v) is 11.2. The molecule has 3 atom stereocenters. The lowest BCUT2D eigenvalue weighted by molar-refractivity contribution is 0.173. The van der Waals surface area contributed by atoms with E-state index in [0.29, 0.717) is 17.1 Å². The third-order valence-electron chi connectivity index (χ3n) is 2.56. The Labute approximate surface area is 107 Å². The summed E-state index contributed by atoms with van der Waals surface area (Å²) in [6, 6.07) is 5.27. The molecule has 1 N–H and O–H groups in total. The van der Waals surface area contributed by atoms with Crippen LogP contribution in [0.3, 0.4) is 0 Å². The van der Waals surface area contributed by atoms with Gasteiger partial charge in [0.25, 0.3) is 0 Å². The predicted molar refractivity (Wildman–Crippen MR) is 68.9 cm³/mol. The van der Waals surface area contributed by atoms with E-state index in [1.807, 2.05) is 6.26 Å². The highest BCUT2D eigenvalue weighted by atomic mass is 32.2. The fourth-order valence-corrected chi connectivity index (χ4v) is 3.72. The molecule has 0 fully saturated rings. The number of benzene rings is 1. The van der Waals surface area contributed by atoms with E-state index in [0.717, 1.165) is 0 Å². The van der Waals surface area contributed by atoms with Crippen LogP contribution in [0.25, 0.3) is 0 Å². The van der Waals surface area contributed by atoms with E-state index < -0.39 is 16.9 Å². The quantitative estimate of drug-likeness (QED) is 0.902. The van der Waals surface area contributed by atoms with E-state index >= 15 is 0 Å². The van der Waals surface area contributed by atoms with Crippen LogP contribution in [0.1, 0.15) is 11.7 Å². The molecule has 1 aliphatic rings. The molecular weight excluding hydrogens is 260 g/mol. The molecule has 1 aliphatic heterocycles. The molecule has 0 aliphatic carbocycles. The molecule has 0 aromatic heterocycles. The van der Waals surface area contributed by atoms with Gasteiger partial charge in [-0.05, 0) is 24.0 Å². The summed E-state index contributed by atoms with van der Waals surface area (Å²) in [4.78, 5) is 0. The molecule has 0 spiro atoms. The van der Waals surface area contributed by atoms with Crippen molar-refractivity contribution in [2.45, 2.75) is 10.7 Å². The maximum Gasteiger partial charge on any atom is 0.231 e. The number of fused-ring (bicyclic) bond motifs is 1. The number of hydrogen-bond donors (Lipinski definition) is 1. The first kappa shape index (κ1) is 12.7. The van der Waals surface area contributed by atoms with Gasteiger partial charge in [0.15, 0.2) is 11.5 Å². The minimum Gasteiger partial charge on any atom is -0.454 e. The van der Waals surface area contributed by atoms with Gasteiger partial charge >= 0.3 is 0 Å². The maximum atomic E-state index is 11.5. The second kappa shape index (κ2) is 5.29. The zero-order valence-electron chi connectivity index (χ0n) is 9.58. The van der Waals surface area contributed by atoms with Gasteiger partial charge < -0.3 is 14.6 Å². The summed E-state index contributed by atoms with van der Waals surface area (Å²) in [5, 5.41) is 10.2. The molecule has 6 heteroatoms. The van der Waals surface area contributed by atoms with Gasteiger partial charge in [-0.2, -0.15) is 0 Å². The highest BCUT2D eigenvalue weighted by Crippen LogP contribution is 2.36. The van der Waals surface area contributed by atoms with Crippen LogP contribution < -0.4 is 9.47 Å². The zero-order chi connectivity index (χ0) is 12.4. The van der Waals surface area contributed by atoms with Crippen molar-refractivity contribution in [1.29, 1.82) is 0 Å². The highest BCUT2D eigenvalue weighted by molar-refractivity contribution is 8.10. The fourth-order valence-electron chi connectivity index (χ4n) is 1.70. The van der Waals surface area contributed by atoms with Crippen molar-refractivity contribution in [3.8, 4) is 11.5 Å². The summed E-state index contributed by atoms with van der Waals surface area (Å²) in [6.07, 6.45) is 2.66. The third kappa shape index (κ3) is 2.59. The van der Waals surface area contributed by atoms with Crippen molar-refractivity contribution < 1.29 is 18.8 Å². The molecule has 17 heavy (non-hydrogen) atoms. The molecule has 0 bridgehead atoms. The Kier molecular flexibility index (Phi) is 3.96. The van der Waals surface area contributed by atoms with E-state index in [2.05, 4.69) is 0 Å². The van der Waals surface area contributed by atoms with Crippen molar-refractivity contribution >= 4 is 22.6 Å². The molecule has 3 unspecified atom stereocenters. The highest BCUT2D eigenvalue weighted by Gasteiger charge is 2.25. The third-order valence-corrected chi connectivity index (χ3v) is 5.58. The van der Waals surface area contributed by atoms with Crippen molar-refractivity contribution in [1.82, 2.24) is 0 Å². The SMILES string of the molecule is CSC(C(O)c1ccc2c(c1)OCO2)S(C)=O. The molecule has 1 aromatic rings. The largest absolute Gasteiger partial charge is 0.454 e. The second-order valence-corrected chi connectivity index (χ2v) is 6.44. The average molecular weight is 274 g/mol. The number of rotatable bonds is 4. The van der Waals surface area contributed by atoms with Crippen LogP contribution in [0.15, 0.2) is 18.2 Å². The van der Waals surface area contributed by atoms with Crippen LogP contribution in [0.2, 0.25) is 0 Å². The van der Waals surface area contributed by atoms with Gasteiger partial charge in [0.05, 0.1) is 0 Å². The topological polar surface area (TPSA) is 55.8 Å². The molecule has 0 saturated carbocycles. The van der Waals surface area contributed by atoms with E-state index in [1.54, 1.807) is 24.5 Å². The molecule has 4 nitrogen and oxygen atoms in total. The monoisotopic (exact) mass is 274 g/mol. The summed E-state index contributed by atoms with van der Waals surface area (Å²) >= 11 is 1.39. The Balaban J connectivity index is 2.24. The van der Waals surface area contributed by atoms with Crippen LogP contribution in [-0.4, -0.2) is 33.2 Å². The molecule has 0 amide bonds. The molecule has 94 valence electrons. The van der Waals surface area contributed by atoms with Gasteiger partial charge in [0, 0.05) is 17.1 Å². The van der Waals surface area contributed by atoms with Crippen LogP contribution in [-0.2, 0) is 10.8 Å². The summed E-state index contributed by atoms with van der Waals surface area (Å²) in [7, 11) is -1.09. The van der Waals surface area contributed by atoms with E-state index in [-0.39, 0.29) is 11.4 Å². The van der Waals surface area contributed by atoms with Gasteiger partial charge in [0.1, 0.15) is 10.7 Å². The van der Waals surface area contributed by atoms with Gasteiger partial charge in [-0.3, -0.25) is 4.21 Å². The van der Waals surface area contributed by atoms with Crippen LogP contribution in [0.5, 0.6) is 11.5 Å². The van der Waals surface area contributed by atoms with E-state index in [9.17, 15) is 9.32 Å². The Morgan fingerprint density at radius 3 is 2.76 bits per heavy atom. The van der Waals surface area contributed by atoms with Crippen molar-refractivity contribution in [3.05, 3.63) is 23.8 Å². The van der Waals surface area contributed by atoms with Gasteiger partial charge in [-0.15, -0.1) is 11.8 Å². The molecular formula is C11H14O4S2.